The highest BCUT2D eigenvalue weighted by Crippen LogP contribution is 2.40. The molecule has 64 valence electrons. The van der Waals surface area contributed by atoms with Gasteiger partial charge >= 0.3 is 0 Å². The van der Waals surface area contributed by atoms with Crippen molar-refractivity contribution in [2.75, 3.05) is 12.3 Å². The molecule has 0 aromatic heterocycles. The first-order valence-corrected chi connectivity index (χ1v) is 4.95. The summed E-state index contributed by atoms with van der Waals surface area (Å²) < 4.78 is 0. The third-order valence-electron chi connectivity index (χ3n) is 2.16. The Morgan fingerprint density at radius 1 is 1.58 bits per heavy atom. The van der Waals surface area contributed by atoms with Crippen LogP contribution in [0.3, 0.4) is 0 Å². The molecule has 3 N–H and O–H groups in total. The molecule has 0 amide bonds. The lowest BCUT2D eigenvalue weighted by molar-refractivity contribution is 0.473. The van der Waals surface area contributed by atoms with E-state index in [0.29, 0.717) is 18.2 Å². The summed E-state index contributed by atoms with van der Waals surface area (Å²) in [5.41, 5.74) is 6.81. The summed E-state index contributed by atoms with van der Waals surface area (Å²) in [5, 5.41) is 9.26. The molecule has 3 heteroatoms. The smallest absolute Gasteiger partial charge is 0.115 e. The van der Waals surface area contributed by atoms with E-state index in [2.05, 4.69) is 0 Å². The number of nitrogens with two attached hydrogens (primary N) is 1. The van der Waals surface area contributed by atoms with Crippen LogP contribution in [0.25, 0.3) is 0 Å². The van der Waals surface area contributed by atoms with Gasteiger partial charge in [-0.1, -0.05) is 0 Å². The summed E-state index contributed by atoms with van der Waals surface area (Å²) in [4.78, 5) is 1.27. The lowest BCUT2D eigenvalue weighted by Gasteiger charge is -2.06. The standard InChI is InChI=1S/C9H11NOS/c10-4-6-5-12-9-2-1-7(11)3-8(6)9/h1-3,6,11H,4-5,10H2. The van der Waals surface area contributed by atoms with Gasteiger partial charge in [-0.2, -0.15) is 0 Å². The number of rotatable bonds is 1. The van der Waals surface area contributed by atoms with Crippen LogP contribution in [-0.4, -0.2) is 17.4 Å². The van der Waals surface area contributed by atoms with Crippen LogP contribution in [0.15, 0.2) is 23.1 Å². The van der Waals surface area contributed by atoms with E-state index in [-0.39, 0.29) is 0 Å². The summed E-state index contributed by atoms with van der Waals surface area (Å²) in [6.45, 7) is 0.670. The average Bonchev–Trinajstić information content (AvgIpc) is 2.46. The third-order valence-corrected chi connectivity index (χ3v) is 3.41. The van der Waals surface area contributed by atoms with Gasteiger partial charge in [0.1, 0.15) is 5.75 Å². The van der Waals surface area contributed by atoms with E-state index in [0.717, 1.165) is 5.75 Å². The number of fused-ring (bicyclic) bond motifs is 1. The number of hydrogen-bond acceptors (Lipinski definition) is 3. The largest absolute Gasteiger partial charge is 0.508 e. The van der Waals surface area contributed by atoms with Crippen LogP contribution in [0, 0.1) is 0 Å². The van der Waals surface area contributed by atoms with E-state index in [9.17, 15) is 5.11 Å². The predicted octanol–water partition coefficient (Wildman–Crippen LogP) is 1.54. The minimum Gasteiger partial charge on any atom is -0.508 e. The summed E-state index contributed by atoms with van der Waals surface area (Å²) in [6.07, 6.45) is 0. The van der Waals surface area contributed by atoms with Gasteiger partial charge in [0.2, 0.25) is 0 Å². The lowest BCUT2D eigenvalue weighted by Crippen LogP contribution is -2.11. The quantitative estimate of drug-likeness (QED) is 0.691. The minimum atomic E-state index is 0.342. The van der Waals surface area contributed by atoms with Gasteiger partial charge in [-0.15, -0.1) is 11.8 Å². The highest BCUT2D eigenvalue weighted by atomic mass is 32.2. The Morgan fingerprint density at radius 2 is 2.42 bits per heavy atom. The van der Waals surface area contributed by atoms with E-state index in [1.54, 1.807) is 6.07 Å². The van der Waals surface area contributed by atoms with Crippen molar-refractivity contribution in [3.8, 4) is 5.75 Å². The number of phenols is 1. The van der Waals surface area contributed by atoms with Crippen molar-refractivity contribution < 1.29 is 5.11 Å². The molecule has 1 aromatic rings. The minimum absolute atomic E-state index is 0.342. The van der Waals surface area contributed by atoms with Gasteiger partial charge in [-0.3, -0.25) is 0 Å². The molecular formula is C9H11NOS. The van der Waals surface area contributed by atoms with Crippen molar-refractivity contribution in [3.05, 3.63) is 23.8 Å². The fourth-order valence-electron chi connectivity index (χ4n) is 1.46. The van der Waals surface area contributed by atoms with Gasteiger partial charge in [-0.25, -0.2) is 0 Å². The van der Waals surface area contributed by atoms with Crippen LogP contribution in [0.2, 0.25) is 0 Å². The Labute approximate surface area is 75.8 Å². The molecule has 1 heterocycles. The number of thioether (sulfide) groups is 1. The lowest BCUT2D eigenvalue weighted by atomic mass is 10.0. The highest BCUT2D eigenvalue weighted by molar-refractivity contribution is 7.99. The van der Waals surface area contributed by atoms with E-state index >= 15 is 0 Å². The van der Waals surface area contributed by atoms with Gasteiger partial charge in [-0.05, 0) is 23.8 Å². The molecule has 0 bridgehead atoms. The van der Waals surface area contributed by atoms with E-state index in [1.807, 2.05) is 23.9 Å². The molecule has 1 aliphatic heterocycles. The van der Waals surface area contributed by atoms with Gasteiger partial charge in [0.15, 0.2) is 0 Å². The predicted molar refractivity (Wildman–Crippen MR) is 50.6 cm³/mol. The second-order valence-electron chi connectivity index (χ2n) is 2.97. The van der Waals surface area contributed by atoms with Crippen molar-refractivity contribution in [1.29, 1.82) is 0 Å². The Hall–Kier alpha value is -0.670. The molecule has 1 unspecified atom stereocenters. The fraction of sp³-hybridized carbons (Fsp3) is 0.333. The second-order valence-corrected chi connectivity index (χ2v) is 4.03. The molecule has 0 aliphatic carbocycles. The maximum absolute atomic E-state index is 9.26. The molecule has 0 fully saturated rings. The van der Waals surface area contributed by atoms with Gasteiger partial charge in [0.05, 0.1) is 0 Å². The normalized spacial score (nSPS) is 20.9. The molecule has 0 saturated carbocycles. The molecule has 1 aromatic carbocycles. The first-order valence-electron chi connectivity index (χ1n) is 3.97. The molecule has 1 atom stereocenters. The van der Waals surface area contributed by atoms with Crippen LogP contribution in [0.1, 0.15) is 11.5 Å². The zero-order valence-corrected chi connectivity index (χ0v) is 7.47. The summed E-state index contributed by atoms with van der Waals surface area (Å²) >= 11 is 1.82. The molecule has 0 spiro atoms. The third kappa shape index (κ3) is 1.19. The topological polar surface area (TPSA) is 46.2 Å². The number of phenolic OH excluding ortho intramolecular Hbond substituents is 1. The van der Waals surface area contributed by atoms with Crippen LogP contribution in [-0.2, 0) is 0 Å². The van der Waals surface area contributed by atoms with E-state index in [4.69, 9.17) is 5.73 Å². The SMILES string of the molecule is NCC1CSc2ccc(O)cc21. The van der Waals surface area contributed by atoms with Crippen molar-refractivity contribution >= 4 is 11.8 Å². The van der Waals surface area contributed by atoms with E-state index < -0.39 is 0 Å². The second kappa shape index (κ2) is 2.99. The highest BCUT2D eigenvalue weighted by Gasteiger charge is 2.21. The maximum Gasteiger partial charge on any atom is 0.115 e. The molecule has 0 saturated heterocycles. The van der Waals surface area contributed by atoms with Crippen LogP contribution in [0.4, 0.5) is 0 Å². The zero-order valence-electron chi connectivity index (χ0n) is 6.66. The van der Waals surface area contributed by atoms with Crippen molar-refractivity contribution in [1.82, 2.24) is 0 Å². The first kappa shape index (κ1) is 7.95. The van der Waals surface area contributed by atoms with Crippen LogP contribution < -0.4 is 5.73 Å². The monoisotopic (exact) mass is 181 g/mol. The molecular weight excluding hydrogens is 170 g/mol. The van der Waals surface area contributed by atoms with Crippen molar-refractivity contribution in [2.45, 2.75) is 10.8 Å². The Kier molecular flexibility index (Phi) is 1.98. The molecule has 12 heavy (non-hydrogen) atoms. The van der Waals surface area contributed by atoms with Gasteiger partial charge < -0.3 is 10.8 Å². The number of aromatic hydroxyl groups is 1. The number of benzene rings is 1. The van der Waals surface area contributed by atoms with Crippen molar-refractivity contribution in [3.63, 3.8) is 0 Å². The fourth-order valence-corrected chi connectivity index (χ4v) is 2.71. The Balaban J connectivity index is 2.42. The van der Waals surface area contributed by atoms with Crippen LogP contribution in [0.5, 0.6) is 5.75 Å². The van der Waals surface area contributed by atoms with Crippen LogP contribution >= 0.6 is 11.8 Å². The summed E-state index contributed by atoms with van der Waals surface area (Å²) in [7, 11) is 0. The summed E-state index contributed by atoms with van der Waals surface area (Å²) in [5.74, 6) is 1.82. The number of hydrogen-bond donors (Lipinski definition) is 2. The summed E-state index contributed by atoms with van der Waals surface area (Å²) in [6, 6.07) is 5.52. The molecule has 0 radical (unpaired) electrons. The average molecular weight is 181 g/mol. The Morgan fingerprint density at radius 3 is 3.17 bits per heavy atom. The van der Waals surface area contributed by atoms with E-state index in [1.165, 1.54) is 10.5 Å². The van der Waals surface area contributed by atoms with Gasteiger partial charge in [0, 0.05) is 23.1 Å². The van der Waals surface area contributed by atoms with Crippen molar-refractivity contribution in [2.24, 2.45) is 5.73 Å². The van der Waals surface area contributed by atoms with Gasteiger partial charge in [0.25, 0.3) is 0 Å². The zero-order chi connectivity index (χ0) is 8.55. The molecule has 2 nitrogen and oxygen atoms in total. The first-order chi connectivity index (χ1) is 5.81. The maximum atomic E-state index is 9.26. The molecule has 1 aliphatic rings. The molecule has 2 rings (SSSR count). The Bertz CT molecular complexity index is 301.